The molecule has 1 aliphatic carbocycles. The fourth-order valence-electron chi connectivity index (χ4n) is 1.99. The van der Waals surface area contributed by atoms with Crippen LogP contribution in [0.25, 0.3) is 0 Å². The van der Waals surface area contributed by atoms with Crippen LogP contribution in [-0.2, 0) is 0 Å². The molecule has 0 aliphatic heterocycles. The highest BCUT2D eigenvalue weighted by Gasteiger charge is 2.39. The van der Waals surface area contributed by atoms with Crippen molar-refractivity contribution in [2.75, 3.05) is 0 Å². The summed E-state index contributed by atoms with van der Waals surface area (Å²) in [6.07, 6.45) is 0.888. The number of nitrogens with two attached hydrogens (primary N) is 1. The normalized spacial score (nSPS) is 23.3. The van der Waals surface area contributed by atoms with Crippen molar-refractivity contribution in [3.63, 3.8) is 0 Å². The van der Waals surface area contributed by atoms with Crippen molar-refractivity contribution in [3.05, 3.63) is 35.1 Å². The Morgan fingerprint density at radius 2 is 2.21 bits per heavy atom. The lowest BCUT2D eigenvalue weighted by atomic mass is 10.1. The highest BCUT2D eigenvalue weighted by molar-refractivity contribution is 6.41. The van der Waals surface area contributed by atoms with Crippen molar-refractivity contribution >= 4 is 18.3 Å². The minimum absolute atomic E-state index is 0.110. The van der Waals surface area contributed by atoms with Crippen LogP contribution >= 0.6 is 0 Å². The Balaban J connectivity index is 2.14. The fourth-order valence-corrected chi connectivity index (χ4v) is 1.99. The molecule has 0 spiro atoms. The summed E-state index contributed by atoms with van der Waals surface area (Å²) in [5.74, 6) is 5.73. The molecule has 0 radical (unpaired) electrons. The topological polar surface area (TPSA) is 63.1 Å². The number of amidine groups is 1. The molecule has 0 heterocycles. The van der Waals surface area contributed by atoms with E-state index in [1.165, 1.54) is 0 Å². The molecule has 0 aromatic heterocycles. The van der Waals surface area contributed by atoms with E-state index in [2.05, 4.69) is 21.8 Å². The molecule has 0 amide bonds. The maximum absolute atomic E-state index is 13.5. The lowest BCUT2D eigenvalue weighted by Gasteiger charge is -2.02. The Morgan fingerprint density at radius 3 is 2.79 bits per heavy atom. The van der Waals surface area contributed by atoms with Crippen molar-refractivity contribution in [1.29, 1.82) is 0 Å². The predicted octanol–water partition coefficient (Wildman–Crippen LogP) is 2.42. The molecule has 5 heteroatoms. The summed E-state index contributed by atoms with van der Waals surface area (Å²) in [7, 11) is 0. The summed E-state index contributed by atoms with van der Waals surface area (Å²) in [6.45, 7) is 6.94. The largest absolute Gasteiger partial charge is 0.323 e. The molecule has 1 aromatic rings. The Bertz CT molecular complexity index is 563. The van der Waals surface area contributed by atoms with Crippen LogP contribution in [0.1, 0.15) is 30.4 Å². The van der Waals surface area contributed by atoms with Crippen LogP contribution < -0.4 is 5.84 Å². The zero-order valence-electron chi connectivity index (χ0n) is 11.1. The molecular weight excluding hydrogens is 243 g/mol. The number of hydrogen-bond donors (Lipinski definition) is 1. The molecule has 1 saturated carbocycles. The van der Waals surface area contributed by atoms with Crippen LogP contribution in [0, 0.1) is 12.7 Å². The molecule has 0 saturated heterocycles. The number of halogens is 1. The second kappa shape index (κ2) is 5.30. The van der Waals surface area contributed by atoms with Crippen molar-refractivity contribution in [3.8, 4) is 0 Å². The molecule has 0 unspecified atom stereocenters. The molecule has 19 heavy (non-hydrogen) atoms. The third kappa shape index (κ3) is 2.86. The van der Waals surface area contributed by atoms with E-state index in [4.69, 9.17) is 5.84 Å². The predicted molar refractivity (Wildman–Crippen MR) is 76.6 cm³/mol. The fraction of sp³-hybridized carbons (Fsp3) is 0.357. The monoisotopic (exact) mass is 260 g/mol. The van der Waals surface area contributed by atoms with Gasteiger partial charge >= 0.3 is 0 Å². The van der Waals surface area contributed by atoms with Gasteiger partial charge in [0.2, 0.25) is 0 Å². The number of nitrogens with zero attached hydrogens (tertiary/aromatic N) is 3. The van der Waals surface area contributed by atoms with Gasteiger partial charge in [0, 0.05) is 5.92 Å². The maximum atomic E-state index is 13.5. The first-order chi connectivity index (χ1) is 9.06. The highest BCUT2D eigenvalue weighted by Crippen LogP contribution is 2.44. The van der Waals surface area contributed by atoms with Crippen LogP contribution in [0.2, 0.25) is 0 Å². The lowest BCUT2D eigenvalue weighted by Crippen LogP contribution is -2.10. The Morgan fingerprint density at radius 1 is 1.47 bits per heavy atom. The highest BCUT2D eigenvalue weighted by atomic mass is 19.1. The molecule has 2 atom stereocenters. The lowest BCUT2D eigenvalue weighted by molar-refractivity contribution is 0.616. The molecule has 0 bridgehead atoms. The van der Waals surface area contributed by atoms with Crippen LogP contribution in [-0.4, -0.2) is 24.3 Å². The molecular formula is C14H17FN4. The molecule has 1 fully saturated rings. The molecule has 100 valence electrons. The van der Waals surface area contributed by atoms with Crippen molar-refractivity contribution in [1.82, 2.24) is 0 Å². The second-order valence-corrected chi connectivity index (χ2v) is 4.74. The zero-order valence-corrected chi connectivity index (χ0v) is 11.1. The van der Waals surface area contributed by atoms with Gasteiger partial charge in [-0.15, -0.1) is 0 Å². The maximum Gasteiger partial charge on any atom is 0.170 e. The van der Waals surface area contributed by atoms with Gasteiger partial charge in [-0.2, -0.15) is 5.10 Å². The minimum Gasteiger partial charge on any atom is -0.323 e. The van der Waals surface area contributed by atoms with E-state index in [1.807, 2.05) is 6.07 Å². The molecule has 1 aliphatic rings. The average Bonchev–Trinajstić information content (AvgIpc) is 3.17. The smallest absolute Gasteiger partial charge is 0.170 e. The molecule has 2 rings (SSSR count). The summed E-state index contributed by atoms with van der Waals surface area (Å²) in [6, 6.07) is 5.44. The van der Waals surface area contributed by atoms with E-state index in [-0.39, 0.29) is 17.8 Å². The van der Waals surface area contributed by atoms with E-state index in [0.717, 1.165) is 12.0 Å². The van der Waals surface area contributed by atoms with Crippen molar-refractivity contribution < 1.29 is 4.39 Å². The number of rotatable bonds is 3. The summed E-state index contributed by atoms with van der Waals surface area (Å²) in [4.78, 5) is 8.26. The third-order valence-corrected chi connectivity index (χ3v) is 3.34. The van der Waals surface area contributed by atoms with E-state index in [0.29, 0.717) is 17.1 Å². The second-order valence-electron chi connectivity index (χ2n) is 4.74. The SMILES string of the molecule is C=NC(=N[C@@H]1C[C@H]1c1ccc(C)c(F)c1)C(C)=NN. The van der Waals surface area contributed by atoms with Gasteiger partial charge in [0.15, 0.2) is 5.84 Å². The van der Waals surface area contributed by atoms with Crippen LogP contribution in [0.3, 0.4) is 0 Å². The summed E-state index contributed by atoms with van der Waals surface area (Å²) in [5, 5.41) is 3.56. The average molecular weight is 260 g/mol. The minimum atomic E-state index is -0.172. The number of hydrazone groups is 1. The first-order valence-corrected chi connectivity index (χ1v) is 6.12. The third-order valence-electron chi connectivity index (χ3n) is 3.34. The molecule has 2 N–H and O–H groups in total. The van der Waals surface area contributed by atoms with Gasteiger partial charge in [0.25, 0.3) is 0 Å². The van der Waals surface area contributed by atoms with E-state index >= 15 is 0 Å². The van der Waals surface area contributed by atoms with E-state index in [1.54, 1.807) is 26.0 Å². The van der Waals surface area contributed by atoms with Crippen molar-refractivity contribution in [2.45, 2.75) is 32.2 Å². The number of hydrogen-bond acceptors (Lipinski definition) is 3. The molecule has 4 nitrogen and oxygen atoms in total. The standard InChI is InChI=1S/C14H17FN4/c1-8-4-5-10(6-12(8)15)11-7-13(11)18-14(17-3)9(2)19-16/h4-6,11,13H,3,7,16H2,1-2H3/t11-,13+/m0/s1. The van der Waals surface area contributed by atoms with E-state index < -0.39 is 0 Å². The summed E-state index contributed by atoms with van der Waals surface area (Å²) >= 11 is 0. The van der Waals surface area contributed by atoms with Gasteiger partial charge in [-0.3, -0.25) is 4.99 Å². The van der Waals surface area contributed by atoms with E-state index in [9.17, 15) is 4.39 Å². The molecule has 1 aromatic carbocycles. The number of aryl methyl sites for hydroxylation is 1. The van der Waals surface area contributed by atoms with Gasteiger partial charge in [-0.05, 0) is 44.2 Å². The summed E-state index contributed by atoms with van der Waals surface area (Å²) in [5.41, 5.74) is 2.18. The van der Waals surface area contributed by atoms with Gasteiger partial charge < -0.3 is 5.84 Å². The number of benzene rings is 1. The van der Waals surface area contributed by atoms with Crippen LogP contribution in [0.15, 0.2) is 33.3 Å². The van der Waals surface area contributed by atoms with Crippen molar-refractivity contribution in [2.24, 2.45) is 20.9 Å². The van der Waals surface area contributed by atoms with Crippen LogP contribution in [0.4, 0.5) is 4.39 Å². The number of aliphatic imine (C=N–C) groups is 2. The Kier molecular flexibility index (Phi) is 3.74. The van der Waals surface area contributed by atoms with Gasteiger partial charge in [0.05, 0.1) is 6.04 Å². The van der Waals surface area contributed by atoms with Crippen LogP contribution in [0.5, 0.6) is 0 Å². The quantitative estimate of drug-likeness (QED) is 0.386. The Labute approximate surface area is 112 Å². The first kappa shape index (κ1) is 13.4. The first-order valence-electron chi connectivity index (χ1n) is 6.12. The zero-order chi connectivity index (χ0) is 14.0. The summed E-state index contributed by atoms with van der Waals surface area (Å²) < 4.78 is 13.5. The van der Waals surface area contributed by atoms with Gasteiger partial charge in [0.1, 0.15) is 11.5 Å². The van der Waals surface area contributed by atoms with Gasteiger partial charge in [-0.1, -0.05) is 12.1 Å². The Hall–Kier alpha value is -2.04. The van der Waals surface area contributed by atoms with Gasteiger partial charge in [-0.25, -0.2) is 9.38 Å².